The van der Waals surface area contributed by atoms with Gasteiger partial charge in [-0.25, -0.2) is 9.59 Å². The summed E-state index contributed by atoms with van der Waals surface area (Å²) < 4.78 is 20.8. The van der Waals surface area contributed by atoms with Crippen molar-refractivity contribution in [3.63, 3.8) is 0 Å². The normalized spacial score (nSPS) is 11.5. The summed E-state index contributed by atoms with van der Waals surface area (Å²) in [6, 6.07) is 4.97. The van der Waals surface area contributed by atoms with Gasteiger partial charge in [-0.1, -0.05) is 0 Å². The van der Waals surface area contributed by atoms with Crippen molar-refractivity contribution in [2.45, 2.75) is 26.9 Å². The van der Waals surface area contributed by atoms with Crippen molar-refractivity contribution in [1.82, 2.24) is 15.4 Å². The number of benzene rings is 1. The van der Waals surface area contributed by atoms with Crippen molar-refractivity contribution in [3.8, 4) is 22.8 Å². The fourth-order valence-electron chi connectivity index (χ4n) is 2.20. The van der Waals surface area contributed by atoms with Crippen molar-refractivity contribution in [2.75, 3.05) is 20.3 Å². The highest BCUT2D eigenvalue weighted by Crippen LogP contribution is 2.33. The number of hydrogen-bond acceptors (Lipinski definition) is 8. The average Bonchev–Trinajstić information content (AvgIpc) is 3.12. The molecule has 9 nitrogen and oxygen atoms in total. The van der Waals surface area contributed by atoms with Crippen LogP contribution in [0.25, 0.3) is 11.3 Å². The Morgan fingerprint density at radius 1 is 1.15 bits per heavy atom. The number of hydrogen-bond donors (Lipinski definition) is 1. The van der Waals surface area contributed by atoms with Gasteiger partial charge in [-0.3, -0.25) is 0 Å². The van der Waals surface area contributed by atoms with E-state index in [1.54, 1.807) is 32.0 Å². The zero-order valence-corrected chi connectivity index (χ0v) is 15.1. The molecule has 1 aromatic heterocycles. The van der Waals surface area contributed by atoms with Crippen molar-refractivity contribution >= 4 is 11.9 Å². The predicted octanol–water partition coefficient (Wildman–Crippen LogP) is 1.99. The fourth-order valence-corrected chi connectivity index (χ4v) is 2.20. The smallest absolute Gasteiger partial charge is 0.361 e. The second kappa shape index (κ2) is 8.84. The molecule has 2 aromatic rings. The molecule has 1 heterocycles. The van der Waals surface area contributed by atoms with Crippen LogP contribution < -0.4 is 9.47 Å². The van der Waals surface area contributed by atoms with Gasteiger partial charge in [0.2, 0.25) is 0 Å². The van der Waals surface area contributed by atoms with E-state index in [2.05, 4.69) is 20.1 Å². The molecule has 0 saturated heterocycles. The minimum Gasteiger partial charge on any atom is -0.490 e. The summed E-state index contributed by atoms with van der Waals surface area (Å²) in [6.07, 6.45) is -0.799. The van der Waals surface area contributed by atoms with E-state index in [-0.39, 0.29) is 12.3 Å². The van der Waals surface area contributed by atoms with E-state index in [0.29, 0.717) is 29.4 Å². The summed E-state index contributed by atoms with van der Waals surface area (Å²) in [4.78, 5) is 23.5. The fraction of sp³-hybridized carbons (Fsp3) is 0.412. The summed E-state index contributed by atoms with van der Waals surface area (Å²) in [5.74, 6) is -0.306. The SMILES string of the molecule is CCOC(=O)c1n[nH]nc1-c1ccc(OC(C)C(=O)OC)c(OCC)c1. The van der Waals surface area contributed by atoms with Crippen LogP contribution in [0, 0.1) is 0 Å². The Hall–Kier alpha value is -3.10. The van der Waals surface area contributed by atoms with E-state index >= 15 is 0 Å². The lowest BCUT2D eigenvalue weighted by molar-refractivity contribution is -0.147. The summed E-state index contributed by atoms with van der Waals surface area (Å²) in [5, 5.41) is 10.3. The molecule has 1 N–H and O–H groups in total. The quantitative estimate of drug-likeness (QED) is 0.709. The molecule has 1 aromatic carbocycles. The molecule has 0 bridgehead atoms. The summed E-state index contributed by atoms with van der Waals surface area (Å²) >= 11 is 0. The number of nitrogens with one attached hydrogen (secondary N) is 1. The predicted molar refractivity (Wildman–Crippen MR) is 91.1 cm³/mol. The first-order valence-electron chi connectivity index (χ1n) is 8.11. The van der Waals surface area contributed by atoms with Crippen LogP contribution in [0.2, 0.25) is 0 Å². The molecule has 0 aliphatic heterocycles. The Kier molecular flexibility index (Phi) is 6.54. The highest BCUT2D eigenvalue weighted by Gasteiger charge is 2.22. The van der Waals surface area contributed by atoms with Gasteiger partial charge < -0.3 is 18.9 Å². The second-order valence-electron chi connectivity index (χ2n) is 5.12. The molecule has 140 valence electrons. The van der Waals surface area contributed by atoms with Crippen LogP contribution in [0.5, 0.6) is 11.5 Å². The first-order valence-corrected chi connectivity index (χ1v) is 8.11. The molecule has 2 rings (SSSR count). The van der Waals surface area contributed by atoms with Gasteiger partial charge in [0.25, 0.3) is 0 Å². The van der Waals surface area contributed by atoms with Crippen molar-refractivity contribution < 1.29 is 28.5 Å². The van der Waals surface area contributed by atoms with E-state index < -0.39 is 18.0 Å². The molecule has 9 heteroatoms. The molecule has 0 spiro atoms. The zero-order valence-electron chi connectivity index (χ0n) is 15.1. The highest BCUT2D eigenvalue weighted by molar-refractivity contribution is 5.94. The van der Waals surface area contributed by atoms with Crippen LogP contribution in [0.15, 0.2) is 18.2 Å². The average molecular weight is 363 g/mol. The maximum atomic E-state index is 12.0. The van der Waals surface area contributed by atoms with E-state index in [1.165, 1.54) is 7.11 Å². The number of carbonyl (C=O) groups excluding carboxylic acids is 2. The number of ether oxygens (including phenoxy) is 4. The molecule has 0 aliphatic carbocycles. The maximum absolute atomic E-state index is 12.0. The third kappa shape index (κ3) is 4.29. The molecule has 26 heavy (non-hydrogen) atoms. The Bertz CT molecular complexity index is 774. The number of carbonyl (C=O) groups is 2. The summed E-state index contributed by atoms with van der Waals surface area (Å²) in [5.41, 5.74) is 0.992. The molecular formula is C17H21N3O6. The summed E-state index contributed by atoms with van der Waals surface area (Å²) in [7, 11) is 1.29. The van der Waals surface area contributed by atoms with Gasteiger partial charge in [0.1, 0.15) is 5.69 Å². The number of rotatable bonds is 8. The third-order valence-corrected chi connectivity index (χ3v) is 3.37. The number of H-pyrrole nitrogens is 1. The minimum atomic E-state index is -0.799. The Labute approximate surface area is 150 Å². The van der Waals surface area contributed by atoms with Crippen LogP contribution >= 0.6 is 0 Å². The molecule has 0 aliphatic rings. The lowest BCUT2D eigenvalue weighted by Crippen LogP contribution is -2.25. The highest BCUT2D eigenvalue weighted by atomic mass is 16.6. The van der Waals surface area contributed by atoms with Crippen molar-refractivity contribution in [3.05, 3.63) is 23.9 Å². The lowest BCUT2D eigenvalue weighted by Gasteiger charge is -2.16. The molecule has 0 saturated carbocycles. The number of aromatic amines is 1. The lowest BCUT2D eigenvalue weighted by atomic mass is 10.1. The van der Waals surface area contributed by atoms with Gasteiger partial charge >= 0.3 is 11.9 Å². The van der Waals surface area contributed by atoms with Crippen LogP contribution in [0.1, 0.15) is 31.3 Å². The van der Waals surface area contributed by atoms with Crippen LogP contribution in [0.4, 0.5) is 0 Å². The van der Waals surface area contributed by atoms with E-state index in [0.717, 1.165) is 0 Å². The molecular weight excluding hydrogens is 342 g/mol. The number of esters is 2. The largest absolute Gasteiger partial charge is 0.490 e. The van der Waals surface area contributed by atoms with Gasteiger partial charge in [0.05, 0.1) is 20.3 Å². The number of methoxy groups -OCH3 is 1. The van der Waals surface area contributed by atoms with Gasteiger partial charge in [-0.2, -0.15) is 10.3 Å². The summed E-state index contributed by atoms with van der Waals surface area (Å²) in [6.45, 7) is 5.72. The zero-order chi connectivity index (χ0) is 19.1. The van der Waals surface area contributed by atoms with Crippen LogP contribution in [-0.2, 0) is 14.3 Å². The van der Waals surface area contributed by atoms with E-state index in [4.69, 9.17) is 14.2 Å². The van der Waals surface area contributed by atoms with Crippen LogP contribution in [0.3, 0.4) is 0 Å². The van der Waals surface area contributed by atoms with E-state index in [9.17, 15) is 9.59 Å². The molecule has 0 radical (unpaired) electrons. The van der Waals surface area contributed by atoms with Gasteiger partial charge in [0, 0.05) is 5.56 Å². The molecule has 1 atom stereocenters. The van der Waals surface area contributed by atoms with Crippen LogP contribution in [-0.4, -0.2) is 53.8 Å². The maximum Gasteiger partial charge on any atom is 0.361 e. The second-order valence-corrected chi connectivity index (χ2v) is 5.12. The number of nitrogens with zero attached hydrogens (tertiary/aromatic N) is 2. The third-order valence-electron chi connectivity index (χ3n) is 3.37. The molecule has 1 unspecified atom stereocenters. The van der Waals surface area contributed by atoms with Gasteiger partial charge in [-0.05, 0) is 39.0 Å². The van der Waals surface area contributed by atoms with Gasteiger partial charge in [0.15, 0.2) is 23.3 Å². The topological polar surface area (TPSA) is 113 Å². The minimum absolute atomic E-state index is 0.0749. The Morgan fingerprint density at radius 2 is 1.92 bits per heavy atom. The van der Waals surface area contributed by atoms with Crippen molar-refractivity contribution in [2.24, 2.45) is 0 Å². The monoisotopic (exact) mass is 363 g/mol. The molecule has 0 amide bonds. The first kappa shape index (κ1) is 19.2. The van der Waals surface area contributed by atoms with E-state index in [1.807, 2.05) is 6.92 Å². The first-order chi connectivity index (χ1) is 12.5. The Balaban J connectivity index is 2.35. The van der Waals surface area contributed by atoms with Crippen molar-refractivity contribution in [1.29, 1.82) is 0 Å². The number of aromatic nitrogens is 3. The van der Waals surface area contributed by atoms with Gasteiger partial charge in [-0.15, -0.1) is 5.10 Å². The Morgan fingerprint density at radius 3 is 2.58 bits per heavy atom. The molecule has 0 fully saturated rings. The standard InChI is InChI=1S/C17H21N3O6/c1-5-24-13-9-11(7-8-12(13)26-10(3)16(21)23-4)14-15(19-20-18-14)17(22)25-6-2/h7-10H,5-6H2,1-4H3,(H,18,19,20).